The molecule has 3 N–H and O–H groups in total. The van der Waals surface area contributed by atoms with Crippen molar-refractivity contribution < 1.29 is 27.5 Å². The van der Waals surface area contributed by atoms with Crippen LogP contribution in [-0.2, 0) is 10.4 Å². The number of nitrogens with zero attached hydrogens (tertiary/aromatic N) is 3. The number of aromatic nitrogens is 3. The van der Waals surface area contributed by atoms with Gasteiger partial charge in [0.2, 0.25) is 5.60 Å². The smallest absolute Gasteiger partial charge is 0.372 e. The van der Waals surface area contributed by atoms with Crippen molar-refractivity contribution in [3.8, 4) is 22.3 Å². The first kappa shape index (κ1) is 23.5. The van der Waals surface area contributed by atoms with E-state index in [1.54, 1.807) is 37.5 Å². The van der Waals surface area contributed by atoms with Crippen molar-refractivity contribution in [1.29, 1.82) is 0 Å². The zero-order valence-electron chi connectivity index (χ0n) is 18.7. The van der Waals surface area contributed by atoms with Crippen molar-refractivity contribution in [2.24, 2.45) is 0 Å². The Morgan fingerprint density at radius 2 is 1.81 bits per heavy atom. The molecule has 4 aromatic rings. The van der Waals surface area contributed by atoms with Gasteiger partial charge >= 0.3 is 6.18 Å². The number of hydrogen-bond acceptors (Lipinski definition) is 5. The van der Waals surface area contributed by atoms with Crippen LogP contribution in [0.2, 0.25) is 0 Å². The van der Waals surface area contributed by atoms with Gasteiger partial charge in [0, 0.05) is 35.3 Å². The van der Waals surface area contributed by atoms with Crippen molar-refractivity contribution in [2.45, 2.75) is 24.7 Å². The van der Waals surface area contributed by atoms with E-state index in [-0.39, 0.29) is 27.8 Å². The summed E-state index contributed by atoms with van der Waals surface area (Å²) in [7, 11) is 0. The minimum Gasteiger partial charge on any atom is -0.372 e. The van der Waals surface area contributed by atoms with Gasteiger partial charge in [0.1, 0.15) is 11.9 Å². The van der Waals surface area contributed by atoms with Crippen LogP contribution in [0.3, 0.4) is 0 Å². The fourth-order valence-electron chi connectivity index (χ4n) is 4.36. The van der Waals surface area contributed by atoms with Crippen LogP contribution in [0.15, 0.2) is 73.3 Å². The van der Waals surface area contributed by atoms with Gasteiger partial charge in [-0.15, -0.1) is 0 Å². The summed E-state index contributed by atoms with van der Waals surface area (Å²) in [6, 6.07) is 9.85. The zero-order valence-corrected chi connectivity index (χ0v) is 18.7. The number of hydrogen-bond donors (Lipinski definition) is 3. The van der Waals surface area contributed by atoms with Crippen LogP contribution in [0.25, 0.3) is 22.3 Å². The van der Waals surface area contributed by atoms with Gasteiger partial charge < -0.3 is 5.11 Å². The van der Waals surface area contributed by atoms with Crippen molar-refractivity contribution >= 4 is 11.6 Å². The number of pyridine rings is 1. The van der Waals surface area contributed by atoms with Gasteiger partial charge in [0.15, 0.2) is 0 Å². The number of benzene rings is 2. The first-order valence-corrected chi connectivity index (χ1v) is 10.8. The predicted molar refractivity (Wildman–Crippen MR) is 123 cm³/mol. The molecule has 2 unspecified atom stereocenters. The molecule has 0 aliphatic heterocycles. The van der Waals surface area contributed by atoms with E-state index in [4.69, 9.17) is 0 Å². The quantitative estimate of drug-likeness (QED) is 0.278. The first-order chi connectivity index (χ1) is 17.1. The van der Waals surface area contributed by atoms with Crippen molar-refractivity contribution in [2.75, 3.05) is 5.43 Å². The molecule has 1 amide bonds. The van der Waals surface area contributed by atoms with Gasteiger partial charge in [-0.3, -0.25) is 25.3 Å². The van der Waals surface area contributed by atoms with E-state index in [0.717, 1.165) is 6.07 Å². The maximum atomic E-state index is 14.6. The average Bonchev–Trinajstić information content (AvgIpc) is 3.45. The Bertz CT molecular complexity index is 1450. The third kappa shape index (κ3) is 3.68. The third-order valence-corrected chi connectivity index (χ3v) is 6.19. The molecule has 0 spiro atoms. The molecule has 0 saturated heterocycles. The number of carbonyl (C=O) groups excluding carboxylic acids is 1. The van der Waals surface area contributed by atoms with Gasteiger partial charge in [-0.25, -0.2) is 4.39 Å². The largest absolute Gasteiger partial charge is 0.425 e. The first-order valence-electron chi connectivity index (χ1n) is 10.8. The number of rotatable bonds is 5. The lowest BCUT2D eigenvalue weighted by Crippen LogP contribution is -2.41. The Kier molecular flexibility index (Phi) is 5.51. The maximum absolute atomic E-state index is 14.6. The molecule has 11 heteroatoms. The highest BCUT2D eigenvalue weighted by Crippen LogP contribution is 2.57. The standard InChI is InChI=1S/C25H19F4N5O2/c1-14(23(35)33-32-17-6-8-30-9-7-17)34-13-15(12-31-34)19-10-16(26)11-21-22(19)18-4-2-3-5-20(18)24(21,36)25(27,28)29/h2-14,36H,1H3,(H,30,32)(H,33,35). The van der Waals surface area contributed by atoms with Crippen LogP contribution < -0.4 is 10.9 Å². The molecule has 7 nitrogen and oxygen atoms in total. The summed E-state index contributed by atoms with van der Waals surface area (Å²) in [6.45, 7) is 1.58. The Morgan fingerprint density at radius 1 is 1.08 bits per heavy atom. The normalized spacial score (nSPS) is 17.3. The number of aliphatic hydroxyl groups is 1. The molecule has 2 heterocycles. The summed E-state index contributed by atoms with van der Waals surface area (Å²) in [5.74, 6) is -1.39. The number of halogens is 4. The van der Waals surface area contributed by atoms with E-state index < -0.39 is 35.1 Å². The van der Waals surface area contributed by atoms with Crippen LogP contribution >= 0.6 is 0 Å². The number of fused-ring (bicyclic) bond motifs is 3. The van der Waals surface area contributed by atoms with Gasteiger partial charge in [-0.05, 0) is 47.9 Å². The Morgan fingerprint density at radius 3 is 2.53 bits per heavy atom. The fraction of sp³-hybridized carbons (Fsp3) is 0.160. The minimum atomic E-state index is -5.09. The lowest BCUT2D eigenvalue weighted by atomic mass is 9.89. The maximum Gasteiger partial charge on any atom is 0.425 e. The van der Waals surface area contributed by atoms with E-state index in [0.29, 0.717) is 11.8 Å². The second-order valence-corrected chi connectivity index (χ2v) is 8.36. The summed E-state index contributed by atoms with van der Waals surface area (Å²) < 4.78 is 58.3. The Hall–Kier alpha value is -4.25. The number of carbonyl (C=O) groups is 1. The van der Waals surface area contributed by atoms with E-state index >= 15 is 0 Å². The van der Waals surface area contributed by atoms with Crippen molar-refractivity contribution in [3.63, 3.8) is 0 Å². The average molecular weight is 497 g/mol. The summed E-state index contributed by atoms with van der Waals surface area (Å²) in [6.07, 6.45) is 0.792. The molecule has 2 aromatic carbocycles. The van der Waals surface area contributed by atoms with E-state index in [1.165, 1.54) is 35.3 Å². The zero-order chi connectivity index (χ0) is 25.7. The molecule has 5 rings (SSSR count). The highest BCUT2D eigenvalue weighted by atomic mass is 19.4. The molecule has 0 radical (unpaired) electrons. The molecule has 2 atom stereocenters. The second-order valence-electron chi connectivity index (χ2n) is 8.36. The Labute approximate surface area is 202 Å². The molecular weight excluding hydrogens is 478 g/mol. The van der Waals surface area contributed by atoms with Gasteiger partial charge in [-0.1, -0.05) is 24.3 Å². The fourth-order valence-corrected chi connectivity index (χ4v) is 4.36. The van der Waals surface area contributed by atoms with Gasteiger partial charge in [0.25, 0.3) is 5.91 Å². The number of hydrazine groups is 1. The summed E-state index contributed by atoms with van der Waals surface area (Å²) in [4.78, 5) is 16.5. The number of amides is 1. The molecule has 2 aromatic heterocycles. The molecule has 36 heavy (non-hydrogen) atoms. The number of anilines is 1. The Balaban J connectivity index is 1.52. The molecule has 1 aliphatic carbocycles. The number of alkyl halides is 3. The van der Waals surface area contributed by atoms with Crippen molar-refractivity contribution in [1.82, 2.24) is 20.2 Å². The van der Waals surface area contributed by atoms with Crippen LogP contribution in [0.5, 0.6) is 0 Å². The molecule has 184 valence electrons. The van der Waals surface area contributed by atoms with Crippen molar-refractivity contribution in [3.05, 3.63) is 90.3 Å². The molecule has 0 bridgehead atoms. The highest BCUT2D eigenvalue weighted by molar-refractivity contribution is 5.92. The van der Waals surface area contributed by atoms with Gasteiger partial charge in [-0.2, -0.15) is 18.3 Å². The van der Waals surface area contributed by atoms with E-state index in [9.17, 15) is 27.5 Å². The summed E-state index contributed by atoms with van der Waals surface area (Å²) in [5.41, 5.74) is 2.17. The summed E-state index contributed by atoms with van der Waals surface area (Å²) >= 11 is 0. The molecule has 0 fully saturated rings. The molecule has 1 aliphatic rings. The third-order valence-electron chi connectivity index (χ3n) is 6.19. The minimum absolute atomic E-state index is 0.0582. The van der Waals surface area contributed by atoms with Crippen LogP contribution in [-0.4, -0.2) is 32.0 Å². The number of nitrogens with one attached hydrogen (secondary N) is 2. The summed E-state index contributed by atoms with van der Waals surface area (Å²) in [5, 5.41) is 15.0. The van der Waals surface area contributed by atoms with E-state index in [2.05, 4.69) is 20.9 Å². The van der Waals surface area contributed by atoms with Crippen LogP contribution in [0.1, 0.15) is 24.1 Å². The van der Waals surface area contributed by atoms with Gasteiger partial charge in [0.05, 0.1) is 11.9 Å². The lowest BCUT2D eigenvalue weighted by Gasteiger charge is -2.28. The lowest BCUT2D eigenvalue weighted by molar-refractivity contribution is -0.246. The van der Waals surface area contributed by atoms with E-state index in [1.807, 2.05) is 0 Å². The predicted octanol–water partition coefficient (Wildman–Crippen LogP) is 4.57. The van der Waals surface area contributed by atoms with Crippen LogP contribution in [0.4, 0.5) is 23.2 Å². The second kappa shape index (κ2) is 8.45. The highest BCUT2D eigenvalue weighted by Gasteiger charge is 2.61. The van der Waals surface area contributed by atoms with Crippen LogP contribution in [0, 0.1) is 5.82 Å². The topological polar surface area (TPSA) is 92.1 Å². The molecule has 0 saturated carbocycles. The SMILES string of the molecule is CC(C(=O)NNc1ccncc1)n1cc(-c2cc(F)cc3c2-c2ccccc2C3(O)C(F)(F)F)cn1. The molecular formula is C25H19F4N5O2. The monoisotopic (exact) mass is 497 g/mol.